The van der Waals surface area contributed by atoms with Gasteiger partial charge in [-0.1, -0.05) is 59.6 Å². The van der Waals surface area contributed by atoms with Crippen molar-refractivity contribution in [2.24, 2.45) is 14.1 Å². The summed E-state index contributed by atoms with van der Waals surface area (Å²) >= 11 is 14.3. The molecule has 4 heterocycles. The zero-order chi connectivity index (χ0) is 37.1. The second-order valence-electron chi connectivity index (χ2n) is 12.7. The zero-order valence-corrected chi connectivity index (χ0v) is 30.9. The van der Waals surface area contributed by atoms with Crippen LogP contribution in [0.15, 0.2) is 82.9 Å². The maximum Gasteiger partial charge on any atom is 0.274 e. The van der Waals surface area contributed by atoms with Crippen LogP contribution in [0.5, 0.6) is 0 Å². The Hall–Kier alpha value is -5.14. The summed E-state index contributed by atoms with van der Waals surface area (Å²) in [5.41, 5.74) is 6.82. The van der Waals surface area contributed by atoms with E-state index in [2.05, 4.69) is 21.3 Å². The molecule has 0 saturated heterocycles. The van der Waals surface area contributed by atoms with Gasteiger partial charge >= 0.3 is 0 Å². The topological polar surface area (TPSA) is 135 Å². The minimum absolute atomic E-state index is 0.0900. The summed E-state index contributed by atoms with van der Waals surface area (Å²) < 4.78 is 6.86. The third kappa shape index (κ3) is 7.56. The first-order valence-electron chi connectivity index (χ1n) is 16.8. The summed E-state index contributed by atoms with van der Waals surface area (Å²) in [4.78, 5) is 49.0. The number of nitrogens with one attached hydrogen (secondary N) is 4. The average Bonchev–Trinajstić information content (AvgIpc) is 3.73. The largest absolute Gasteiger partial charge is 0.355 e. The first-order chi connectivity index (χ1) is 24.9. The van der Waals surface area contributed by atoms with Crippen molar-refractivity contribution in [2.75, 3.05) is 26.2 Å². The van der Waals surface area contributed by atoms with Crippen LogP contribution in [-0.2, 0) is 36.8 Å². The van der Waals surface area contributed by atoms with Gasteiger partial charge in [0, 0.05) is 125 Å². The first kappa shape index (κ1) is 36.6. The molecule has 270 valence electrons. The fourth-order valence-electron chi connectivity index (χ4n) is 6.25. The van der Waals surface area contributed by atoms with E-state index in [1.165, 1.54) is 13.8 Å². The van der Waals surface area contributed by atoms with Gasteiger partial charge in [-0.2, -0.15) is 0 Å². The minimum Gasteiger partial charge on any atom is -0.355 e. The van der Waals surface area contributed by atoms with E-state index >= 15 is 0 Å². The third-order valence-electron chi connectivity index (χ3n) is 9.06. The minimum atomic E-state index is -0.143. The monoisotopic (exact) mass is 742 g/mol. The number of fused-ring (bicyclic) bond motifs is 2. The molecule has 0 saturated carbocycles. The van der Waals surface area contributed by atoms with Gasteiger partial charge in [-0.15, -0.1) is 0 Å². The molecule has 0 spiro atoms. The average molecular weight is 744 g/mol. The van der Waals surface area contributed by atoms with Crippen LogP contribution in [0.3, 0.4) is 0 Å². The molecule has 0 fully saturated rings. The van der Waals surface area contributed by atoms with E-state index in [1.54, 1.807) is 23.2 Å². The molecule has 4 N–H and O–H groups in total. The van der Waals surface area contributed by atoms with Crippen LogP contribution in [0, 0.1) is 0 Å². The quantitative estimate of drug-likeness (QED) is 0.130. The Morgan fingerprint density at radius 2 is 0.981 bits per heavy atom. The second-order valence-corrected chi connectivity index (χ2v) is 13.4. The Labute approximate surface area is 310 Å². The predicted octanol–water partition coefficient (Wildman–Crippen LogP) is 4.35. The Morgan fingerprint density at radius 1 is 0.596 bits per heavy atom. The number of hydrogen-bond acceptors (Lipinski definition) is 6. The van der Waals surface area contributed by atoms with Gasteiger partial charge in [0.15, 0.2) is 0 Å². The van der Waals surface area contributed by atoms with Crippen molar-refractivity contribution in [3.8, 4) is 33.4 Å². The van der Waals surface area contributed by atoms with Crippen molar-refractivity contribution in [3.63, 3.8) is 0 Å². The van der Waals surface area contributed by atoms with Crippen molar-refractivity contribution in [1.82, 2.24) is 39.2 Å². The SMILES string of the molecule is CC(=O)NCCNCc1cn2cc(-c3cccc(-c4cccc(-c5cc6c(=O)n(C)c(CNCCNC(C)=O)cn6c5)c4Cl)c3Cl)cc2c(=O)n1C. The van der Waals surface area contributed by atoms with E-state index < -0.39 is 0 Å². The predicted molar refractivity (Wildman–Crippen MR) is 206 cm³/mol. The molecule has 0 aliphatic carbocycles. The normalized spacial score (nSPS) is 11.4. The summed E-state index contributed by atoms with van der Waals surface area (Å²) in [6.07, 6.45) is 7.60. The zero-order valence-electron chi connectivity index (χ0n) is 29.3. The highest BCUT2D eigenvalue weighted by Crippen LogP contribution is 2.42. The third-order valence-corrected chi connectivity index (χ3v) is 9.87. The molecule has 2 aromatic carbocycles. The molecule has 6 rings (SSSR count). The van der Waals surface area contributed by atoms with Crippen LogP contribution in [0.25, 0.3) is 44.4 Å². The van der Waals surface area contributed by atoms with E-state index in [0.29, 0.717) is 60.3 Å². The van der Waals surface area contributed by atoms with Gasteiger partial charge in [-0.3, -0.25) is 19.2 Å². The summed E-state index contributed by atoms with van der Waals surface area (Å²) in [6, 6.07) is 15.1. The van der Waals surface area contributed by atoms with E-state index in [0.717, 1.165) is 44.8 Å². The van der Waals surface area contributed by atoms with Crippen LogP contribution in [-0.4, -0.2) is 55.9 Å². The molecule has 14 heteroatoms. The van der Waals surface area contributed by atoms with E-state index in [1.807, 2.05) is 82.1 Å². The summed E-state index contributed by atoms with van der Waals surface area (Å²) in [6.45, 7) is 5.96. The molecule has 0 radical (unpaired) electrons. The van der Waals surface area contributed by atoms with Crippen LogP contribution < -0.4 is 32.4 Å². The van der Waals surface area contributed by atoms with E-state index in [-0.39, 0.29) is 22.9 Å². The number of amides is 2. The molecule has 6 aromatic rings. The number of nitrogens with zero attached hydrogens (tertiary/aromatic N) is 4. The van der Waals surface area contributed by atoms with Crippen LogP contribution in [0.4, 0.5) is 0 Å². The lowest BCUT2D eigenvalue weighted by atomic mass is 9.97. The van der Waals surface area contributed by atoms with Gasteiger partial charge in [0.05, 0.1) is 21.4 Å². The number of halogens is 2. The molecular formula is C38H40Cl2N8O4. The smallest absolute Gasteiger partial charge is 0.274 e. The lowest BCUT2D eigenvalue weighted by Crippen LogP contribution is -2.32. The van der Waals surface area contributed by atoms with Crippen LogP contribution >= 0.6 is 23.2 Å². The number of rotatable bonds is 13. The van der Waals surface area contributed by atoms with Crippen molar-refractivity contribution in [3.05, 3.63) is 115 Å². The molecular weight excluding hydrogens is 703 g/mol. The molecule has 0 aliphatic rings. The molecule has 52 heavy (non-hydrogen) atoms. The van der Waals surface area contributed by atoms with Crippen LogP contribution in [0.2, 0.25) is 10.0 Å². The Morgan fingerprint density at radius 3 is 1.37 bits per heavy atom. The summed E-state index contributed by atoms with van der Waals surface area (Å²) in [7, 11) is 3.48. The number of carbonyl (C=O) groups is 2. The number of aromatic nitrogens is 4. The molecule has 0 unspecified atom stereocenters. The van der Waals surface area contributed by atoms with Gasteiger partial charge in [0.1, 0.15) is 11.0 Å². The van der Waals surface area contributed by atoms with Gasteiger partial charge < -0.3 is 39.2 Å². The fourth-order valence-corrected chi connectivity index (χ4v) is 6.92. The molecule has 4 aromatic heterocycles. The van der Waals surface area contributed by atoms with Crippen LogP contribution in [0.1, 0.15) is 25.2 Å². The van der Waals surface area contributed by atoms with Gasteiger partial charge in [-0.05, 0) is 12.1 Å². The summed E-state index contributed by atoms with van der Waals surface area (Å²) in [5.74, 6) is -0.180. The highest BCUT2D eigenvalue weighted by atomic mass is 35.5. The van der Waals surface area contributed by atoms with E-state index in [4.69, 9.17) is 23.2 Å². The molecule has 0 aliphatic heterocycles. The van der Waals surface area contributed by atoms with E-state index in [9.17, 15) is 19.2 Å². The lowest BCUT2D eigenvalue weighted by Gasteiger charge is -2.13. The Bertz CT molecular complexity index is 2270. The first-order valence-corrected chi connectivity index (χ1v) is 17.6. The van der Waals surface area contributed by atoms with Crippen molar-refractivity contribution in [2.45, 2.75) is 26.9 Å². The standard InChI is InChI=1S/C38H40Cl2N8O4/c1-23(49)43-13-11-41-17-27-21-47-19-25(15-33(47)37(51)45(27)3)29-7-5-9-31(35(29)39)32-10-6-8-30(36(32)40)26-16-34-38(52)46(4)28(22-48(34)20-26)18-42-12-14-44-24(2)50/h5-10,15-16,19-22,41-42H,11-14,17-18H2,1-4H3,(H,43,49)(H,44,50). The number of hydrogen-bond donors (Lipinski definition) is 4. The van der Waals surface area contributed by atoms with Crippen molar-refractivity contribution in [1.29, 1.82) is 0 Å². The van der Waals surface area contributed by atoms with Gasteiger partial charge in [-0.25, -0.2) is 0 Å². The van der Waals surface area contributed by atoms with Crippen molar-refractivity contribution >= 4 is 46.0 Å². The molecule has 12 nitrogen and oxygen atoms in total. The molecule has 0 bridgehead atoms. The number of benzene rings is 2. The number of carbonyl (C=O) groups excluding carboxylic acids is 2. The summed E-state index contributed by atoms with van der Waals surface area (Å²) in [5, 5.41) is 13.0. The fraction of sp³-hybridized carbons (Fsp3) is 0.263. The molecule has 2 amide bonds. The second kappa shape index (κ2) is 15.6. The maximum atomic E-state index is 13.3. The Balaban J connectivity index is 1.29. The highest BCUT2D eigenvalue weighted by Gasteiger charge is 2.19. The lowest BCUT2D eigenvalue weighted by molar-refractivity contribution is -0.119. The molecule has 0 atom stereocenters. The van der Waals surface area contributed by atoms with Gasteiger partial charge in [0.25, 0.3) is 11.1 Å². The van der Waals surface area contributed by atoms with Gasteiger partial charge in [0.2, 0.25) is 11.8 Å². The van der Waals surface area contributed by atoms with Crippen molar-refractivity contribution < 1.29 is 9.59 Å². The Kier molecular flexibility index (Phi) is 11.0. The highest BCUT2D eigenvalue weighted by molar-refractivity contribution is 6.39. The maximum absolute atomic E-state index is 13.3.